The zero-order valence-corrected chi connectivity index (χ0v) is 16.3. The first-order valence-electron chi connectivity index (χ1n) is 9.90. The molecular formula is C23H24N6. The molecule has 0 bridgehead atoms. The van der Waals surface area contributed by atoms with Gasteiger partial charge in [-0.1, -0.05) is 12.1 Å². The molecule has 4 aromatic rings. The maximum atomic E-state index is 4.70. The van der Waals surface area contributed by atoms with Crippen LogP contribution in [0.3, 0.4) is 0 Å². The van der Waals surface area contributed by atoms with Crippen molar-refractivity contribution in [2.45, 2.75) is 26.1 Å². The summed E-state index contributed by atoms with van der Waals surface area (Å²) in [4.78, 5) is 11.2. The Morgan fingerprint density at radius 2 is 1.45 bits per heavy atom. The highest BCUT2D eigenvalue weighted by molar-refractivity contribution is 5.83. The van der Waals surface area contributed by atoms with E-state index >= 15 is 0 Å². The molecule has 0 radical (unpaired) electrons. The van der Waals surface area contributed by atoms with Crippen molar-refractivity contribution < 1.29 is 0 Å². The predicted molar refractivity (Wildman–Crippen MR) is 118 cm³/mol. The molecule has 0 spiro atoms. The number of aromatic amines is 2. The average Bonchev–Trinajstić information content (AvgIpc) is 3.38. The van der Waals surface area contributed by atoms with Gasteiger partial charge >= 0.3 is 0 Å². The van der Waals surface area contributed by atoms with Crippen molar-refractivity contribution in [1.82, 2.24) is 25.9 Å². The Kier molecular flexibility index (Phi) is 4.44. The second-order valence-corrected chi connectivity index (χ2v) is 7.45. The van der Waals surface area contributed by atoms with E-state index in [1.807, 2.05) is 12.4 Å². The number of H-pyrrole nitrogens is 2. The lowest BCUT2D eigenvalue weighted by Crippen LogP contribution is -2.44. The molecule has 1 aliphatic rings. The fraction of sp³-hybridized carbons (Fsp3) is 0.174. The van der Waals surface area contributed by atoms with Crippen LogP contribution in [0, 0.1) is 0 Å². The summed E-state index contributed by atoms with van der Waals surface area (Å²) >= 11 is 0. The van der Waals surface area contributed by atoms with Gasteiger partial charge in [0, 0.05) is 42.6 Å². The Morgan fingerprint density at radius 1 is 0.828 bits per heavy atom. The summed E-state index contributed by atoms with van der Waals surface area (Å²) in [6.07, 6.45) is 6.04. The highest BCUT2D eigenvalue weighted by Crippen LogP contribution is 2.16. The van der Waals surface area contributed by atoms with Crippen LogP contribution in [-0.2, 0) is 13.1 Å². The summed E-state index contributed by atoms with van der Waals surface area (Å²) in [6.45, 7) is 3.58. The standard InChI is InChI=1S/C23H24N6/c1-15-10-22(26-13-16-2-4-20-18(11-16)6-8-24-20)29-23(28-15)27-14-17-3-5-21-19(12-17)7-9-25-21/h2-12,15,24-26H,13-14H2,1H3,(H2,27,28,29). The van der Waals surface area contributed by atoms with Crippen LogP contribution in [0.15, 0.2) is 77.8 Å². The quantitative estimate of drug-likeness (QED) is 0.364. The van der Waals surface area contributed by atoms with Gasteiger partial charge in [0.1, 0.15) is 5.82 Å². The molecule has 5 rings (SSSR count). The summed E-state index contributed by atoms with van der Waals surface area (Å²) in [5, 5.41) is 12.7. The molecule has 2 aromatic carbocycles. The van der Waals surface area contributed by atoms with Crippen LogP contribution in [0.1, 0.15) is 18.1 Å². The first kappa shape index (κ1) is 17.4. The first-order valence-corrected chi connectivity index (χ1v) is 9.90. The Hall–Kier alpha value is -3.67. The second-order valence-electron chi connectivity index (χ2n) is 7.45. The summed E-state index contributed by atoms with van der Waals surface area (Å²) in [5.74, 6) is 1.67. The number of aliphatic imine (C=N–C) groups is 1. The third-order valence-electron chi connectivity index (χ3n) is 5.17. The molecule has 1 aliphatic heterocycles. The highest BCUT2D eigenvalue weighted by atomic mass is 15.2. The molecule has 6 heteroatoms. The van der Waals surface area contributed by atoms with Gasteiger partial charge in [-0.05, 0) is 71.3 Å². The monoisotopic (exact) mass is 384 g/mol. The normalized spacial score (nSPS) is 16.4. The highest BCUT2D eigenvalue weighted by Gasteiger charge is 2.12. The molecular weight excluding hydrogens is 360 g/mol. The molecule has 3 heterocycles. The van der Waals surface area contributed by atoms with Crippen LogP contribution in [0.25, 0.3) is 21.8 Å². The number of hydrogen-bond donors (Lipinski definition) is 5. The van der Waals surface area contributed by atoms with Gasteiger partial charge in [-0.3, -0.25) is 0 Å². The third-order valence-corrected chi connectivity index (χ3v) is 5.17. The van der Waals surface area contributed by atoms with Gasteiger partial charge in [0.05, 0.1) is 0 Å². The number of hydrogen-bond acceptors (Lipinski definition) is 4. The predicted octanol–water partition coefficient (Wildman–Crippen LogP) is 3.72. The molecule has 0 aliphatic carbocycles. The largest absolute Gasteiger partial charge is 0.366 e. The zero-order valence-electron chi connectivity index (χ0n) is 16.3. The molecule has 5 N–H and O–H groups in total. The van der Waals surface area contributed by atoms with Crippen LogP contribution >= 0.6 is 0 Å². The van der Waals surface area contributed by atoms with Crippen LogP contribution in [0.4, 0.5) is 0 Å². The topological polar surface area (TPSA) is 80.0 Å². The lowest BCUT2D eigenvalue weighted by molar-refractivity contribution is 0.692. The number of guanidine groups is 1. The summed E-state index contributed by atoms with van der Waals surface area (Å²) in [7, 11) is 0. The van der Waals surface area contributed by atoms with Crippen LogP contribution in [0.2, 0.25) is 0 Å². The Labute approximate surface area is 169 Å². The zero-order chi connectivity index (χ0) is 19.6. The second kappa shape index (κ2) is 7.39. The smallest absolute Gasteiger partial charge is 0.198 e. The van der Waals surface area contributed by atoms with Gasteiger partial charge in [0.25, 0.3) is 0 Å². The molecule has 0 fully saturated rings. The molecule has 29 heavy (non-hydrogen) atoms. The van der Waals surface area contributed by atoms with E-state index in [4.69, 9.17) is 4.99 Å². The van der Waals surface area contributed by atoms with Crippen molar-refractivity contribution in [2.75, 3.05) is 0 Å². The van der Waals surface area contributed by atoms with Crippen molar-refractivity contribution in [3.05, 3.63) is 83.9 Å². The molecule has 1 atom stereocenters. The molecule has 146 valence electrons. The molecule has 0 amide bonds. The van der Waals surface area contributed by atoms with E-state index in [9.17, 15) is 0 Å². The number of benzene rings is 2. The number of aromatic nitrogens is 2. The Morgan fingerprint density at radius 3 is 2.10 bits per heavy atom. The fourth-order valence-corrected chi connectivity index (χ4v) is 3.68. The number of rotatable bonds is 5. The summed E-state index contributed by atoms with van der Waals surface area (Å²) < 4.78 is 0. The Balaban J connectivity index is 1.23. The van der Waals surface area contributed by atoms with Crippen molar-refractivity contribution in [2.24, 2.45) is 4.99 Å². The van der Waals surface area contributed by atoms with Crippen molar-refractivity contribution >= 4 is 27.8 Å². The number of nitrogens with zero attached hydrogens (tertiary/aromatic N) is 1. The SMILES string of the molecule is CC1C=C(NCc2ccc3[nH]ccc3c2)N=C(NCc2ccc3[nH]ccc3c2)N1. The Bertz CT molecular complexity index is 1210. The van der Waals surface area contributed by atoms with Crippen LogP contribution in [0.5, 0.6) is 0 Å². The molecule has 6 nitrogen and oxygen atoms in total. The first-order chi connectivity index (χ1) is 14.2. The molecule has 0 saturated heterocycles. The number of nitrogens with one attached hydrogen (secondary N) is 5. The molecule has 1 unspecified atom stereocenters. The minimum absolute atomic E-state index is 0.205. The van der Waals surface area contributed by atoms with Gasteiger partial charge in [0.2, 0.25) is 0 Å². The third kappa shape index (κ3) is 3.82. The van der Waals surface area contributed by atoms with Gasteiger partial charge < -0.3 is 25.9 Å². The van der Waals surface area contributed by atoms with E-state index in [0.717, 1.165) is 35.9 Å². The molecule has 0 saturated carbocycles. The van der Waals surface area contributed by atoms with E-state index in [1.54, 1.807) is 0 Å². The van der Waals surface area contributed by atoms with Crippen molar-refractivity contribution in [1.29, 1.82) is 0 Å². The maximum absolute atomic E-state index is 4.70. The lowest BCUT2D eigenvalue weighted by atomic mass is 10.1. The van der Waals surface area contributed by atoms with Gasteiger partial charge in [-0.25, -0.2) is 0 Å². The van der Waals surface area contributed by atoms with Crippen LogP contribution < -0.4 is 16.0 Å². The minimum Gasteiger partial charge on any atom is -0.366 e. The summed E-state index contributed by atoms with van der Waals surface area (Å²) in [6, 6.07) is 17.3. The lowest BCUT2D eigenvalue weighted by Gasteiger charge is -2.22. The van der Waals surface area contributed by atoms with Crippen LogP contribution in [-0.4, -0.2) is 22.0 Å². The van der Waals surface area contributed by atoms with Gasteiger partial charge in [-0.15, -0.1) is 0 Å². The van der Waals surface area contributed by atoms with E-state index in [-0.39, 0.29) is 6.04 Å². The van der Waals surface area contributed by atoms with Crippen molar-refractivity contribution in [3.8, 4) is 0 Å². The number of fused-ring (bicyclic) bond motifs is 2. The van der Waals surface area contributed by atoms with Crippen molar-refractivity contribution in [3.63, 3.8) is 0 Å². The van der Waals surface area contributed by atoms with E-state index in [1.165, 1.54) is 21.9 Å². The average molecular weight is 384 g/mol. The van der Waals surface area contributed by atoms with E-state index in [2.05, 4.69) is 87.4 Å². The van der Waals surface area contributed by atoms with E-state index < -0.39 is 0 Å². The van der Waals surface area contributed by atoms with E-state index in [0.29, 0.717) is 0 Å². The van der Waals surface area contributed by atoms with Gasteiger partial charge in [-0.2, -0.15) is 4.99 Å². The minimum atomic E-state index is 0.205. The van der Waals surface area contributed by atoms with Gasteiger partial charge in [0.15, 0.2) is 5.96 Å². The maximum Gasteiger partial charge on any atom is 0.198 e. The summed E-state index contributed by atoms with van der Waals surface area (Å²) in [5.41, 5.74) is 4.76. The fourth-order valence-electron chi connectivity index (χ4n) is 3.68. The molecule has 2 aromatic heterocycles.